The number of H-pyrrole nitrogens is 1. The summed E-state index contributed by atoms with van der Waals surface area (Å²) in [5.74, 6) is 1.25. The third-order valence-electron chi connectivity index (χ3n) is 7.78. The number of methoxy groups -OCH3 is 1. The Morgan fingerprint density at radius 2 is 1.75 bits per heavy atom. The third kappa shape index (κ3) is 5.78. The molecule has 4 aromatic rings. The van der Waals surface area contributed by atoms with Crippen LogP contribution in [-0.4, -0.2) is 88.2 Å². The monoisotopic (exact) mass is 541 g/mol. The number of piperazine rings is 1. The Bertz CT molecular complexity index is 1480. The Morgan fingerprint density at radius 3 is 2.58 bits per heavy atom. The number of aromatic amines is 1. The van der Waals surface area contributed by atoms with Gasteiger partial charge in [0.05, 0.1) is 17.5 Å². The summed E-state index contributed by atoms with van der Waals surface area (Å²) in [6.07, 6.45) is 7.91. The van der Waals surface area contributed by atoms with Gasteiger partial charge in [0.1, 0.15) is 17.5 Å². The molecule has 1 saturated carbocycles. The fourth-order valence-corrected chi connectivity index (χ4v) is 5.46. The molecule has 10 heteroatoms. The minimum absolute atomic E-state index is 0.0368. The number of ether oxygens (including phenoxy) is 2. The maximum Gasteiger partial charge on any atom is 0.270 e. The van der Waals surface area contributed by atoms with Crippen LogP contribution >= 0.6 is 0 Å². The minimum Gasteiger partial charge on any atom is -0.488 e. The Morgan fingerprint density at radius 1 is 0.950 bits per heavy atom. The van der Waals surface area contributed by atoms with Crippen molar-refractivity contribution in [1.82, 2.24) is 29.7 Å². The number of hydrogen-bond acceptors (Lipinski definition) is 8. The topological polar surface area (TPSA) is 108 Å². The van der Waals surface area contributed by atoms with E-state index in [9.17, 15) is 4.79 Å². The van der Waals surface area contributed by atoms with Crippen LogP contribution in [0.15, 0.2) is 54.9 Å². The summed E-state index contributed by atoms with van der Waals surface area (Å²) in [6, 6.07) is 13.4. The van der Waals surface area contributed by atoms with Gasteiger partial charge in [-0.1, -0.05) is 6.42 Å². The molecular weight excluding hydrogens is 506 g/mol. The number of nitrogens with zero attached hydrogens (tertiary/aromatic N) is 5. The molecule has 1 aliphatic heterocycles. The number of fused-ring (bicyclic) bond motifs is 1. The van der Waals surface area contributed by atoms with Crippen molar-refractivity contribution in [1.29, 1.82) is 0 Å². The second kappa shape index (κ2) is 11.6. The number of carbonyl (C=O) groups excluding carboxylic acids is 1. The summed E-state index contributed by atoms with van der Waals surface area (Å²) in [6.45, 7) is 3.26. The van der Waals surface area contributed by atoms with Gasteiger partial charge in [0.25, 0.3) is 5.91 Å². The molecule has 0 spiro atoms. The lowest BCUT2D eigenvalue weighted by molar-refractivity contribution is -0.0229. The van der Waals surface area contributed by atoms with Crippen molar-refractivity contribution in [2.75, 3.05) is 45.7 Å². The van der Waals surface area contributed by atoms with Crippen LogP contribution in [0.1, 0.15) is 36.2 Å². The fraction of sp³-hybridized carbons (Fsp3) is 0.400. The predicted octanol–water partition coefficient (Wildman–Crippen LogP) is 4.49. The number of anilines is 2. The Labute approximate surface area is 233 Å². The zero-order valence-corrected chi connectivity index (χ0v) is 23.0. The van der Waals surface area contributed by atoms with Crippen LogP contribution < -0.4 is 10.1 Å². The van der Waals surface area contributed by atoms with E-state index >= 15 is 0 Å². The van der Waals surface area contributed by atoms with E-state index in [1.807, 2.05) is 47.4 Å². The lowest BCUT2D eigenvalue weighted by atomic mass is 9.94. The van der Waals surface area contributed by atoms with Gasteiger partial charge in [0, 0.05) is 68.3 Å². The van der Waals surface area contributed by atoms with Crippen LogP contribution in [0.25, 0.3) is 22.3 Å². The molecule has 6 rings (SSSR count). The Kier molecular flexibility index (Phi) is 7.61. The van der Waals surface area contributed by atoms with Crippen molar-refractivity contribution in [3.8, 4) is 17.1 Å². The van der Waals surface area contributed by atoms with Crippen molar-refractivity contribution < 1.29 is 14.3 Å². The first-order chi connectivity index (χ1) is 19.6. The highest BCUT2D eigenvalue weighted by molar-refractivity contribution is 5.98. The van der Waals surface area contributed by atoms with E-state index in [-0.39, 0.29) is 18.1 Å². The van der Waals surface area contributed by atoms with Crippen LogP contribution in [0.5, 0.6) is 5.75 Å². The number of benzene rings is 1. The van der Waals surface area contributed by atoms with Crippen LogP contribution in [-0.2, 0) is 4.74 Å². The molecule has 40 heavy (non-hydrogen) atoms. The lowest BCUT2D eigenvalue weighted by Crippen LogP contribution is -2.47. The molecule has 2 fully saturated rings. The van der Waals surface area contributed by atoms with Crippen LogP contribution in [0, 0.1) is 0 Å². The quantitative estimate of drug-likeness (QED) is 0.352. The molecule has 4 heterocycles. The van der Waals surface area contributed by atoms with Gasteiger partial charge in [-0.25, -0.2) is 9.97 Å². The number of pyridine rings is 1. The van der Waals surface area contributed by atoms with Gasteiger partial charge in [-0.2, -0.15) is 0 Å². The van der Waals surface area contributed by atoms with E-state index in [0.29, 0.717) is 23.0 Å². The standard InChI is InChI=1S/C30H35N7O3/c1-36-13-15-37(16-14-36)29(38)26-18-20-17-21(7-8-23(20)34-26)33-30-32-12-10-24(35-30)25-19-22(9-11-31-25)40-28-6-4-3-5-27(28)39-2/h7-12,17-19,27-28,34H,3-6,13-16H2,1-2H3,(H,32,33,35)/t27-,28-/m0/s1. The number of amides is 1. The summed E-state index contributed by atoms with van der Waals surface area (Å²) in [5, 5.41) is 4.24. The largest absolute Gasteiger partial charge is 0.488 e. The van der Waals surface area contributed by atoms with Gasteiger partial charge >= 0.3 is 0 Å². The van der Waals surface area contributed by atoms with E-state index in [4.69, 9.17) is 14.5 Å². The molecule has 1 amide bonds. The van der Waals surface area contributed by atoms with Gasteiger partial charge in [-0.05, 0) is 62.7 Å². The second-order valence-electron chi connectivity index (χ2n) is 10.6. The van der Waals surface area contributed by atoms with Crippen LogP contribution in [0.2, 0.25) is 0 Å². The van der Waals surface area contributed by atoms with Gasteiger partial charge in [-0.3, -0.25) is 9.78 Å². The minimum atomic E-state index is 0.0368. The molecule has 0 radical (unpaired) electrons. The number of likely N-dealkylation sites (N-methyl/N-ethyl adjacent to an activating group) is 1. The SMILES string of the molecule is CO[C@H]1CCCC[C@@H]1Oc1ccnc(-c2ccnc(Nc3ccc4[nH]c(C(=O)N5CCN(C)CC5)cc4c3)n2)c1. The number of hydrogen-bond donors (Lipinski definition) is 2. The molecule has 1 aromatic carbocycles. The van der Waals surface area contributed by atoms with E-state index < -0.39 is 0 Å². The van der Waals surface area contributed by atoms with Crippen LogP contribution in [0.4, 0.5) is 11.6 Å². The maximum atomic E-state index is 13.0. The van der Waals surface area contributed by atoms with E-state index in [1.54, 1.807) is 19.5 Å². The van der Waals surface area contributed by atoms with Gasteiger partial charge < -0.3 is 29.6 Å². The molecular formula is C30H35N7O3. The highest BCUT2D eigenvalue weighted by Crippen LogP contribution is 2.28. The average molecular weight is 542 g/mol. The zero-order valence-electron chi connectivity index (χ0n) is 23.0. The van der Waals surface area contributed by atoms with Gasteiger partial charge in [0.2, 0.25) is 5.95 Å². The van der Waals surface area contributed by atoms with Crippen molar-refractivity contribution >= 4 is 28.4 Å². The van der Waals surface area contributed by atoms with Crippen LogP contribution in [0.3, 0.4) is 0 Å². The summed E-state index contributed by atoms with van der Waals surface area (Å²) >= 11 is 0. The highest BCUT2D eigenvalue weighted by Gasteiger charge is 2.27. The number of aromatic nitrogens is 4. The smallest absolute Gasteiger partial charge is 0.270 e. The molecule has 3 aromatic heterocycles. The van der Waals surface area contributed by atoms with Crippen molar-refractivity contribution in [3.63, 3.8) is 0 Å². The Hall–Kier alpha value is -4.02. The molecule has 0 bridgehead atoms. The van der Waals surface area contributed by atoms with Crippen molar-refractivity contribution in [2.24, 2.45) is 0 Å². The first-order valence-electron chi connectivity index (χ1n) is 13.9. The lowest BCUT2D eigenvalue weighted by Gasteiger charge is -2.32. The first kappa shape index (κ1) is 26.2. The number of nitrogens with one attached hydrogen (secondary N) is 2. The molecule has 2 atom stereocenters. The molecule has 1 aliphatic carbocycles. The van der Waals surface area contributed by atoms with Crippen molar-refractivity contribution in [3.05, 3.63) is 60.6 Å². The summed E-state index contributed by atoms with van der Waals surface area (Å²) < 4.78 is 11.9. The van der Waals surface area contributed by atoms with Crippen molar-refractivity contribution in [2.45, 2.75) is 37.9 Å². The molecule has 10 nitrogen and oxygen atoms in total. The number of carbonyl (C=O) groups is 1. The Balaban J connectivity index is 1.16. The summed E-state index contributed by atoms with van der Waals surface area (Å²) in [4.78, 5) is 34.1. The van der Waals surface area contributed by atoms with Gasteiger partial charge in [0.15, 0.2) is 0 Å². The highest BCUT2D eigenvalue weighted by atomic mass is 16.5. The van der Waals surface area contributed by atoms with E-state index in [2.05, 4.69) is 32.2 Å². The first-order valence-corrected chi connectivity index (χ1v) is 13.9. The van der Waals surface area contributed by atoms with Gasteiger partial charge in [-0.15, -0.1) is 0 Å². The third-order valence-corrected chi connectivity index (χ3v) is 7.78. The summed E-state index contributed by atoms with van der Waals surface area (Å²) in [7, 11) is 3.83. The normalized spacial score (nSPS) is 20.0. The molecule has 0 unspecified atom stereocenters. The average Bonchev–Trinajstić information content (AvgIpc) is 3.41. The second-order valence-corrected chi connectivity index (χ2v) is 10.6. The molecule has 2 aliphatic rings. The maximum absolute atomic E-state index is 13.0. The number of rotatable bonds is 7. The fourth-order valence-electron chi connectivity index (χ4n) is 5.46. The molecule has 208 valence electrons. The predicted molar refractivity (Wildman–Crippen MR) is 154 cm³/mol. The van der Waals surface area contributed by atoms with E-state index in [0.717, 1.165) is 67.8 Å². The molecule has 2 N–H and O–H groups in total. The molecule has 1 saturated heterocycles. The van der Waals surface area contributed by atoms with E-state index in [1.165, 1.54) is 6.42 Å². The summed E-state index contributed by atoms with van der Waals surface area (Å²) in [5.41, 5.74) is 3.74. The zero-order chi connectivity index (χ0) is 27.5.